The van der Waals surface area contributed by atoms with Gasteiger partial charge in [-0.1, -0.05) is 0 Å². The van der Waals surface area contributed by atoms with E-state index in [0.717, 1.165) is 0 Å². The summed E-state index contributed by atoms with van der Waals surface area (Å²) in [5.41, 5.74) is 0.510. The van der Waals surface area contributed by atoms with Crippen LogP contribution >= 0.6 is 0 Å². The molecule has 2 aromatic heterocycles. The zero-order valence-corrected chi connectivity index (χ0v) is 12.1. The van der Waals surface area contributed by atoms with E-state index in [9.17, 15) is 14.7 Å². The molecule has 3 rings (SSSR count). The van der Waals surface area contributed by atoms with Crippen LogP contribution in [0.4, 0.5) is 11.5 Å². The molecule has 0 unspecified atom stereocenters. The average Bonchev–Trinajstić information content (AvgIpc) is 3.10. The largest absolute Gasteiger partial charge is 0.448 e. The van der Waals surface area contributed by atoms with Gasteiger partial charge in [0.2, 0.25) is 5.91 Å². The number of rotatable bonds is 3. The Bertz CT molecular complexity index is 735. The Morgan fingerprint density at radius 1 is 1.55 bits per heavy atom. The number of hydrogen-bond acceptors (Lipinski definition) is 6. The summed E-state index contributed by atoms with van der Waals surface area (Å²) in [6.45, 7) is 1.79. The Kier molecular flexibility index (Phi) is 3.41. The number of β-amino-alcohol motifs (C(OH)–C–C–N with tert-alkyl or cyclic N) is 1. The molecule has 2 aromatic rings. The molecule has 9 heteroatoms. The maximum atomic E-state index is 12.1. The van der Waals surface area contributed by atoms with Gasteiger partial charge < -0.3 is 14.8 Å². The first-order valence-electron chi connectivity index (χ1n) is 6.69. The van der Waals surface area contributed by atoms with Crippen LogP contribution in [-0.2, 0) is 11.8 Å². The number of nitrogens with one attached hydrogen (secondary N) is 1. The normalized spacial score (nSPS) is 18.0. The van der Waals surface area contributed by atoms with Gasteiger partial charge in [-0.05, 0) is 0 Å². The van der Waals surface area contributed by atoms with Crippen LogP contribution in [0, 0.1) is 6.92 Å². The second kappa shape index (κ2) is 5.26. The standard InChI is InChI=1S/C13H15N5O4/c1-7-14-10(6-22-7)13(21)15-9-5-17(2)16-12(9)18-4-8(19)3-11(18)20/h5-6,8,19H,3-4H2,1-2H3,(H,15,21)/t8-/m0/s1. The van der Waals surface area contributed by atoms with E-state index in [1.807, 2.05) is 0 Å². The molecule has 1 saturated heterocycles. The number of carbonyl (C=O) groups excluding carboxylic acids is 2. The van der Waals surface area contributed by atoms with Gasteiger partial charge in [0.25, 0.3) is 5.91 Å². The molecule has 22 heavy (non-hydrogen) atoms. The molecule has 9 nitrogen and oxygen atoms in total. The molecular weight excluding hydrogens is 290 g/mol. The Balaban J connectivity index is 1.85. The van der Waals surface area contributed by atoms with Crippen molar-refractivity contribution < 1.29 is 19.1 Å². The predicted molar refractivity (Wildman–Crippen MR) is 75.4 cm³/mol. The minimum atomic E-state index is -0.726. The van der Waals surface area contributed by atoms with Crippen LogP contribution in [0.3, 0.4) is 0 Å². The van der Waals surface area contributed by atoms with E-state index in [1.165, 1.54) is 15.8 Å². The summed E-state index contributed by atoms with van der Waals surface area (Å²) >= 11 is 0. The highest BCUT2D eigenvalue weighted by Crippen LogP contribution is 2.28. The van der Waals surface area contributed by atoms with Crippen molar-refractivity contribution in [3.8, 4) is 0 Å². The van der Waals surface area contributed by atoms with Gasteiger partial charge in [0.05, 0.1) is 25.3 Å². The lowest BCUT2D eigenvalue weighted by Crippen LogP contribution is -2.27. The predicted octanol–water partition coefficient (Wildman–Crippen LogP) is 0.0664. The summed E-state index contributed by atoms with van der Waals surface area (Å²) in [5, 5.41) is 16.4. The van der Waals surface area contributed by atoms with Crippen molar-refractivity contribution in [1.82, 2.24) is 14.8 Å². The number of anilines is 2. The lowest BCUT2D eigenvalue weighted by molar-refractivity contribution is -0.117. The van der Waals surface area contributed by atoms with E-state index >= 15 is 0 Å². The van der Waals surface area contributed by atoms with Gasteiger partial charge in [0.1, 0.15) is 12.0 Å². The van der Waals surface area contributed by atoms with Crippen LogP contribution in [0.1, 0.15) is 22.8 Å². The van der Waals surface area contributed by atoms with Crippen molar-refractivity contribution in [2.24, 2.45) is 7.05 Å². The minimum absolute atomic E-state index is 0.0481. The number of aryl methyl sites for hydroxylation is 2. The van der Waals surface area contributed by atoms with Gasteiger partial charge in [-0.25, -0.2) is 4.98 Å². The Labute approximate surface area is 125 Å². The van der Waals surface area contributed by atoms with Gasteiger partial charge >= 0.3 is 0 Å². The van der Waals surface area contributed by atoms with Gasteiger partial charge in [0, 0.05) is 14.0 Å². The summed E-state index contributed by atoms with van der Waals surface area (Å²) in [6, 6.07) is 0. The molecule has 2 N–H and O–H groups in total. The smallest absolute Gasteiger partial charge is 0.277 e. The lowest BCUT2D eigenvalue weighted by Gasteiger charge is -2.14. The molecule has 0 spiro atoms. The minimum Gasteiger partial charge on any atom is -0.448 e. The van der Waals surface area contributed by atoms with Crippen molar-refractivity contribution in [2.75, 3.05) is 16.8 Å². The summed E-state index contributed by atoms with van der Waals surface area (Å²) in [6.07, 6.45) is 2.16. The summed E-state index contributed by atoms with van der Waals surface area (Å²) in [4.78, 5) is 29.3. The molecule has 2 amide bonds. The summed E-state index contributed by atoms with van der Waals surface area (Å²) < 4.78 is 6.48. The van der Waals surface area contributed by atoms with Crippen molar-refractivity contribution in [3.63, 3.8) is 0 Å². The monoisotopic (exact) mass is 305 g/mol. The number of aromatic nitrogens is 3. The second-order valence-corrected chi connectivity index (χ2v) is 5.11. The van der Waals surface area contributed by atoms with Crippen molar-refractivity contribution in [3.05, 3.63) is 24.0 Å². The molecule has 0 saturated carbocycles. The molecule has 0 bridgehead atoms. The number of amides is 2. The molecule has 116 valence electrons. The fraction of sp³-hybridized carbons (Fsp3) is 0.385. The Morgan fingerprint density at radius 2 is 2.32 bits per heavy atom. The third kappa shape index (κ3) is 2.58. The molecule has 1 aliphatic heterocycles. The molecule has 3 heterocycles. The number of oxazole rings is 1. The molecule has 0 aromatic carbocycles. The van der Waals surface area contributed by atoms with Gasteiger partial charge in [-0.3, -0.25) is 19.2 Å². The maximum absolute atomic E-state index is 12.1. The average molecular weight is 305 g/mol. The third-order valence-electron chi connectivity index (χ3n) is 3.27. The van der Waals surface area contributed by atoms with E-state index < -0.39 is 12.0 Å². The van der Waals surface area contributed by atoms with Crippen LogP contribution in [0.25, 0.3) is 0 Å². The third-order valence-corrected chi connectivity index (χ3v) is 3.27. The van der Waals surface area contributed by atoms with E-state index in [0.29, 0.717) is 17.4 Å². The Hall–Kier alpha value is -2.68. The zero-order valence-electron chi connectivity index (χ0n) is 12.1. The van der Waals surface area contributed by atoms with Crippen molar-refractivity contribution in [1.29, 1.82) is 0 Å². The molecule has 1 aliphatic rings. The van der Waals surface area contributed by atoms with Crippen molar-refractivity contribution in [2.45, 2.75) is 19.4 Å². The van der Waals surface area contributed by atoms with Gasteiger partial charge in [0.15, 0.2) is 17.4 Å². The van der Waals surface area contributed by atoms with E-state index in [2.05, 4.69) is 15.4 Å². The van der Waals surface area contributed by atoms with Crippen molar-refractivity contribution >= 4 is 23.3 Å². The number of hydrogen-bond donors (Lipinski definition) is 2. The van der Waals surface area contributed by atoms with Gasteiger partial charge in [-0.15, -0.1) is 0 Å². The second-order valence-electron chi connectivity index (χ2n) is 5.11. The maximum Gasteiger partial charge on any atom is 0.277 e. The van der Waals surface area contributed by atoms with Crippen LogP contribution in [0.15, 0.2) is 16.9 Å². The first kappa shape index (κ1) is 14.3. The lowest BCUT2D eigenvalue weighted by atomic mass is 10.3. The van der Waals surface area contributed by atoms with E-state index in [-0.39, 0.29) is 24.6 Å². The fourth-order valence-electron chi connectivity index (χ4n) is 2.31. The van der Waals surface area contributed by atoms with Crippen LogP contribution in [-0.4, -0.2) is 44.3 Å². The quantitative estimate of drug-likeness (QED) is 0.829. The summed E-state index contributed by atoms with van der Waals surface area (Å²) in [7, 11) is 1.68. The number of nitrogens with zero attached hydrogens (tertiary/aromatic N) is 4. The highest BCUT2D eigenvalue weighted by molar-refractivity contribution is 6.06. The fourth-order valence-corrected chi connectivity index (χ4v) is 2.31. The first-order chi connectivity index (χ1) is 10.4. The molecule has 1 fully saturated rings. The molecule has 0 aliphatic carbocycles. The molecule has 0 radical (unpaired) electrons. The number of aliphatic hydroxyl groups excluding tert-OH is 1. The summed E-state index contributed by atoms with van der Waals surface area (Å²) in [5.74, 6) is -0.00991. The van der Waals surface area contributed by atoms with Crippen LogP contribution in [0.5, 0.6) is 0 Å². The van der Waals surface area contributed by atoms with E-state index in [4.69, 9.17) is 4.42 Å². The number of carbonyl (C=O) groups is 2. The SMILES string of the molecule is Cc1nc(C(=O)Nc2cn(C)nc2N2C[C@@H](O)CC2=O)co1. The topological polar surface area (TPSA) is 113 Å². The number of aliphatic hydroxyl groups is 1. The van der Waals surface area contributed by atoms with E-state index in [1.54, 1.807) is 20.2 Å². The van der Waals surface area contributed by atoms with Crippen LogP contribution < -0.4 is 10.2 Å². The van der Waals surface area contributed by atoms with Gasteiger partial charge in [-0.2, -0.15) is 5.10 Å². The highest BCUT2D eigenvalue weighted by atomic mass is 16.3. The molecule has 1 atom stereocenters. The highest BCUT2D eigenvalue weighted by Gasteiger charge is 2.32. The Morgan fingerprint density at radius 3 is 2.91 bits per heavy atom. The first-order valence-corrected chi connectivity index (χ1v) is 6.69. The zero-order chi connectivity index (χ0) is 15.9. The van der Waals surface area contributed by atoms with Crippen LogP contribution in [0.2, 0.25) is 0 Å². The molecular formula is C13H15N5O4.